The van der Waals surface area contributed by atoms with E-state index in [1.54, 1.807) is 18.5 Å². The van der Waals surface area contributed by atoms with Crippen molar-refractivity contribution in [1.29, 1.82) is 0 Å². The Balaban J connectivity index is 2.02. The molecule has 2 rings (SSSR count). The second kappa shape index (κ2) is 7.58. The van der Waals surface area contributed by atoms with Crippen LogP contribution in [0.25, 0.3) is 0 Å². The first kappa shape index (κ1) is 18.8. The fraction of sp³-hybridized carbons (Fsp3) is 0.625. The summed E-state index contributed by atoms with van der Waals surface area (Å²) < 4.78 is 29.2. The number of nitrogens with one attached hydrogen (secondary N) is 2. The van der Waals surface area contributed by atoms with Crippen molar-refractivity contribution in [2.45, 2.75) is 58.2 Å². The van der Waals surface area contributed by atoms with Gasteiger partial charge in [0.15, 0.2) is 0 Å². The van der Waals surface area contributed by atoms with Gasteiger partial charge in [-0.25, -0.2) is 0 Å². The summed E-state index contributed by atoms with van der Waals surface area (Å²) in [5, 5.41) is 2.81. The molecular weight excluding hydrogens is 328 g/mol. The maximum Gasteiger partial charge on any atom is 0.280 e. The first-order valence-corrected chi connectivity index (χ1v) is 9.66. The number of carbonyl (C=O) groups excluding carboxylic acids is 1. The van der Waals surface area contributed by atoms with E-state index in [4.69, 9.17) is 0 Å². The van der Waals surface area contributed by atoms with Gasteiger partial charge in [0.2, 0.25) is 5.91 Å². The van der Waals surface area contributed by atoms with Crippen molar-refractivity contribution in [1.82, 2.24) is 19.3 Å². The third-order valence-corrected chi connectivity index (χ3v) is 6.16. The molecule has 134 valence electrons. The number of hydrogen-bond donors (Lipinski definition) is 2. The van der Waals surface area contributed by atoms with E-state index < -0.39 is 21.8 Å². The highest BCUT2D eigenvalue weighted by Gasteiger charge is 2.40. The lowest BCUT2D eigenvalue weighted by molar-refractivity contribution is -0.124. The SMILES string of the molecule is CCC(C)(C)NS(=O)(=O)N1CCC[C@H]1C(=O)NCc1cccnc1. The molecule has 1 atom stereocenters. The molecule has 1 aliphatic heterocycles. The van der Waals surface area contributed by atoms with E-state index in [0.717, 1.165) is 5.56 Å². The quantitative estimate of drug-likeness (QED) is 0.769. The van der Waals surface area contributed by atoms with Crippen molar-refractivity contribution >= 4 is 16.1 Å². The molecule has 0 saturated carbocycles. The monoisotopic (exact) mass is 354 g/mol. The Bertz CT molecular complexity index is 661. The molecule has 0 aromatic carbocycles. The van der Waals surface area contributed by atoms with E-state index in [2.05, 4.69) is 15.0 Å². The van der Waals surface area contributed by atoms with Crippen molar-refractivity contribution in [3.8, 4) is 0 Å². The van der Waals surface area contributed by atoms with Crippen molar-refractivity contribution in [3.05, 3.63) is 30.1 Å². The fourth-order valence-corrected chi connectivity index (χ4v) is 4.45. The van der Waals surface area contributed by atoms with Gasteiger partial charge in [-0.2, -0.15) is 17.4 Å². The van der Waals surface area contributed by atoms with Crippen LogP contribution in [-0.2, 0) is 21.5 Å². The van der Waals surface area contributed by atoms with Gasteiger partial charge in [0, 0.05) is 31.0 Å². The summed E-state index contributed by atoms with van der Waals surface area (Å²) >= 11 is 0. The summed E-state index contributed by atoms with van der Waals surface area (Å²) in [5.74, 6) is -0.268. The zero-order chi connectivity index (χ0) is 17.8. The number of hydrogen-bond acceptors (Lipinski definition) is 4. The van der Waals surface area contributed by atoms with E-state index in [1.165, 1.54) is 4.31 Å². The van der Waals surface area contributed by atoms with E-state index in [-0.39, 0.29) is 5.91 Å². The number of amides is 1. The van der Waals surface area contributed by atoms with E-state index in [9.17, 15) is 13.2 Å². The van der Waals surface area contributed by atoms with Crippen LogP contribution < -0.4 is 10.0 Å². The molecule has 1 saturated heterocycles. The van der Waals surface area contributed by atoms with Crippen LogP contribution in [0.4, 0.5) is 0 Å². The van der Waals surface area contributed by atoms with Crippen molar-refractivity contribution in [2.24, 2.45) is 0 Å². The van der Waals surface area contributed by atoms with Crippen LogP contribution >= 0.6 is 0 Å². The lowest BCUT2D eigenvalue weighted by atomic mass is 10.0. The Morgan fingerprint density at radius 3 is 2.83 bits per heavy atom. The van der Waals surface area contributed by atoms with E-state index in [0.29, 0.717) is 32.4 Å². The van der Waals surface area contributed by atoms with Crippen LogP contribution in [0.3, 0.4) is 0 Å². The zero-order valence-corrected chi connectivity index (χ0v) is 15.3. The molecule has 0 radical (unpaired) electrons. The highest BCUT2D eigenvalue weighted by Crippen LogP contribution is 2.22. The number of rotatable bonds is 7. The molecule has 2 heterocycles. The van der Waals surface area contributed by atoms with Gasteiger partial charge in [-0.15, -0.1) is 0 Å². The lowest BCUT2D eigenvalue weighted by Crippen LogP contribution is -2.54. The van der Waals surface area contributed by atoms with Crippen LogP contribution in [0.5, 0.6) is 0 Å². The van der Waals surface area contributed by atoms with Gasteiger partial charge in [0.05, 0.1) is 0 Å². The van der Waals surface area contributed by atoms with Gasteiger partial charge in [-0.1, -0.05) is 13.0 Å². The van der Waals surface area contributed by atoms with Crippen LogP contribution in [0.2, 0.25) is 0 Å². The van der Waals surface area contributed by atoms with Gasteiger partial charge in [-0.3, -0.25) is 9.78 Å². The molecule has 1 aromatic heterocycles. The minimum absolute atomic E-state index is 0.268. The molecule has 1 fully saturated rings. The van der Waals surface area contributed by atoms with Crippen molar-refractivity contribution in [2.75, 3.05) is 6.54 Å². The van der Waals surface area contributed by atoms with Crippen molar-refractivity contribution in [3.63, 3.8) is 0 Å². The summed E-state index contributed by atoms with van der Waals surface area (Å²) in [5.41, 5.74) is 0.335. The predicted octanol–water partition coefficient (Wildman–Crippen LogP) is 1.19. The average Bonchev–Trinajstić information content (AvgIpc) is 3.03. The van der Waals surface area contributed by atoms with E-state index >= 15 is 0 Å². The summed E-state index contributed by atoms with van der Waals surface area (Å²) in [6.45, 7) is 6.28. The minimum atomic E-state index is -3.70. The topological polar surface area (TPSA) is 91.4 Å². The van der Waals surface area contributed by atoms with Gasteiger partial charge in [-0.05, 0) is 44.7 Å². The molecular formula is C16H26N4O3S. The van der Waals surface area contributed by atoms with Crippen LogP contribution in [-0.4, -0.2) is 41.7 Å². The highest BCUT2D eigenvalue weighted by molar-refractivity contribution is 7.87. The molecule has 2 N–H and O–H groups in total. The molecule has 0 spiro atoms. The fourth-order valence-electron chi connectivity index (χ4n) is 2.58. The van der Waals surface area contributed by atoms with E-state index in [1.807, 2.05) is 26.8 Å². The third kappa shape index (κ3) is 4.75. The number of carbonyl (C=O) groups is 1. The summed E-state index contributed by atoms with van der Waals surface area (Å²) in [4.78, 5) is 16.4. The summed E-state index contributed by atoms with van der Waals surface area (Å²) in [6, 6.07) is 3.00. The van der Waals surface area contributed by atoms with Gasteiger partial charge >= 0.3 is 0 Å². The Morgan fingerprint density at radius 1 is 1.46 bits per heavy atom. The maximum absolute atomic E-state index is 12.6. The molecule has 1 aromatic rings. The maximum atomic E-state index is 12.6. The Morgan fingerprint density at radius 2 is 2.21 bits per heavy atom. The van der Waals surface area contributed by atoms with Gasteiger partial charge < -0.3 is 5.32 Å². The first-order valence-electron chi connectivity index (χ1n) is 8.22. The normalized spacial score (nSPS) is 19.4. The largest absolute Gasteiger partial charge is 0.351 e. The molecule has 1 aliphatic rings. The molecule has 0 aliphatic carbocycles. The van der Waals surface area contributed by atoms with Crippen LogP contribution in [0.1, 0.15) is 45.6 Å². The molecule has 24 heavy (non-hydrogen) atoms. The summed E-state index contributed by atoms with van der Waals surface area (Å²) in [6.07, 6.45) is 5.22. The molecule has 7 nitrogen and oxygen atoms in total. The molecule has 0 unspecified atom stereocenters. The van der Waals surface area contributed by atoms with Gasteiger partial charge in [0.25, 0.3) is 10.2 Å². The standard InChI is InChI=1S/C16H26N4O3S/c1-4-16(2,3)19-24(22,23)20-10-6-8-14(20)15(21)18-12-13-7-5-9-17-11-13/h5,7,9,11,14,19H,4,6,8,10,12H2,1-3H3,(H,18,21)/t14-/m0/s1. The predicted molar refractivity (Wildman–Crippen MR) is 92.2 cm³/mol. The van der Waals surface area contributed by atoms with Gasteiger partial charge in [0.1, 0.15) is 6.04 Å². The Labute approximate surface area is 144 Å². The second-order valence-corrected chi connectivity index (χ2v) is 8.32. The number of aromatic nitrogens is 1. The van der Waals surface area contributed by atoms with Crippen molar-refractivity contribution < 1.29 is 13.2 Å². The number of pyridine rings is 1. The Kier molecular flexibility index (Phi) is 5.95. The third-order valence-electron chi connectivity index (χ3n) is 4.29. The lowest BCUT2D eigenvalue weighted by Gasteiger charge is -2.30. The highest BCUT2D eigenvalue weighted by atomic mass is 32.2. The second-order valence-electron chi connectivity index (χ2n) is 6.69. The van der Waals surface area contributed by atoms with Crippen LogP contribution in [0.15, 0.2) is 24.5 Å². The van der Waals surface area contributed by atoms with Crippen LogP contribution in [0, 0.1) is 0 Å². The molecule has 0 bridgehead atoms. The molecule has 1 amide bonds. The first-order chi connectivity index (χ1) is 11.2. The number of nitrogens with zero attached hydrogens (tertiary/aromatic N) is 2. The average molecular weight is 354 g/mol. The Hall–Kier alpha value is -1.51. The zero-order valence-electron chi connectivity index (χ0n) is 14.4. The summed E-state index contributed by atoms with van der Waals surface area (Å²) in [7, 11) is -3.70. The molecule has 8 heteroatoms. The minimum Gasteiger partial charge on any atom is -0.351 e. The smallest absolute Gasteiger partial charge is 0.280 e.